The molecule has 0 heteroatoms. The summed E-state index contributed by atoms with van der Waals surface area (Å²) in [5.74, 6) is 0.903. The zero-order valence-electron chi connectivity index (χ0n) is 11.5. The number of rotatable bonds is 10. The zero-order valence-corrected chi connectivity index (χ0v) is 11.5. The highest BCUT2D eigenvalue weighted by molar-refractivity contribution is 5.02. The highest BCUT2D eigenvalue weighted by Gasteiger charge is 2.01. The van der Waals surface area contributed by atoms with Crippen molar-refractivity contribution in [3.05, 3.63) is 24.3 Å². The van der Waals surface area contributed by atoms with Crippen LogP contribution in [0.5, 0.6) is 0 Å². The van der Waals surface area contributed by atoms with Gasteiger partial charge in [-0.2, -0.15) is 0 Å². The molecule has 0 rings (SSSR count). The first kappa shape index (κ1) is 15.5. The van der Waals surface area contributed by atoms with Crippen molar-refractivity contribution >= 4 is 0 Å². The maximum atomic E-state index is 2.34. The van der Waals surface area contributed by atoms with Crippen molar-refractivity contribution < 1.29 is 0 Å². The quantitative estimate of drug-likeness (QED) is 0.319. The predicted molar refractivity (Wildman–Crippen MR) is 75.7 cm³/mol. The van der Waals surface area contributed by atoms with E-state index < -0.39 is 0 Å². The van der Waals surface area contributed by atoms with E-state index in [0.717, 1.165) is 5.92 Å². The fourth-order valence-corrected chi connectivity index (χ4v) is 1.83. The topological polar surface area (TPSA) is 0 Å². The van der Waals surface area contributed by atoms with Gasteiger partial charge in [0.1, 0.15) is 0 Å². The average molecular weight is 222 g/mol. The van der Waals surface area contributed by atoms with Gasteiger partial charge in [-0.05, 0) is 18.8 Å². The lowest BCUT2D eigenvalue weighted by Gasteiger charge is -2.10. The largest absolute Gasteiger partial charge is 0.0845 e. The zero-order chi connectivity index (χ0) is 12.1. The molecule has 0 aromatic rings. The van der Waals surface area contributed by atoms with Crippen LogP contribution < -0.4 is 0 Å². The Morgan fingerprint density at radius 1 is 0.875 bits per heavy atom. The van der Waals surface area contributed by atoms with Gasteiger partial charge < -0.3 is 0 Å². The van der Waals surface area contributed by atoms with Gasteiger partial charge in [-0.3, -0.25) is 0 Å². The number of hydrogen-bond donors (Lipinski definition) is 0. The van der Waals surface area contributed by atoms with Crippen LogP contribution in [-0.2, 0) is 0 Å². The maximum absolute atomic E-state index is 2.34. The second-order valence-corrected chi connectivity index (χ2v) is 4.65. The molecule has 0 nitrogen and oxygen atoms in total. The molecule has 16 heavy (non-hydrogen) atoms. The first-order valence-electron chi connectivity index (χ1n) is 7.16. The molecule has 0 N–H and O–H groups in total. The van der Waals surface area contributed by atoms with Crippen molar-refractivity contribution in [1.82, 2.24) is 0 Å². The number of unbranched alkanes of at least 4 members (excludes halogenated alkanes) is 3. The summed E-state index contributed by atoms with van der Waals surface area (Å²) >= 11 is 0. The summed E-state index contributed by atoms with van der Waals surface area (Å²) in [7, 11) is 0. The molecule has 0 bridgehead atoms. The number of allylic oxidation sites excluding steroid dienone is 4. The van der Waals surface area contributed by atoms with E-state index in [4.69, 9.17) is 0 Å². The minimum absolute atomic E-state index is 0.903. The van der Waals surface area contributed by atoms with Gasteiger partial charge in [0.25, 0.3) is 0 Å². The number of hydrogen-bond acceptors (Lipinski definition) is 0. The summed E-state index contributed by atoms with van der Waals surface area (Å²) in [6, 6.07) is 0. The summed E-state index contributed by atoms with van der Waals surface area (Å²) in [6.45, 7) is 6.83. The monoisotopic (exact) mass is 222 g/mol. The standard InChI is InChI=1S/C16H30/c1-4-7-9-10-11-12-13-15-16(6-3)14-8-5-2/h10-13,16H,4-9,14-15H2,1-3H3. The third-order valence-corrected chi connectivity index (χ3v) is 3.12. The molecule has 0 saturated carbocycles. The van der Waals surface area contributed by atoms with E-state index in [-0.39, 0.29) is 0 Å². The van der Waals surface area contributed by atoms with Crippen LogP contribution in [0.1, 0.15) is 72.1 Å². The van der Waals surface area contributed by atoms with Crippen molar-refractivity contribution in [2.24, 2.45) is 5.92 Å². The van der Waals surface area contributed by atoms with Crippen molar-refractivity contribution in [3.63, 3.8) is 0 Å². The SMILES string of the molecule is CCCCC=CC=CCC(CC)CCCC. The second kappa shape index (κ2) is 12.5. The molecular weight excluding hydrogens is 192 g/mol. The molecule has 0 fully saturated rings. The van der Waals surface area contributed by atoms with Crippen molar-refractivity contribution in [2.45, 2.75) is 72.1 Å². The Balaban J connectivity index is 3.58. The second-order valence-electron chi connectivity index (χ2n) is 4.65. The van der Waals surface area contributed by atoms with Crippen LogP contribution in [0.15, 0.2) is 24.3 Å². The molecule has 0 aliphatic heterocycles. The van der Waals surface area contributed by atoms with E-state index in [1.54, 1.807) is 0 Å². The Bertz CT molecular complexity index is 176. The highest BCUT2D eigenvalue weighted by Crippen LogP contribution is 2.16. The smallest absolute Gasteiger partial charge is 0.0319 e. The normalized spacial score (nSPS) is 13.9. The van der Waals surface area contributed by atoms with Gasteiger partial charge in [0, 0.05) is 0 Å². The van der Waals surface area contributed by atoms with Crippen molar-refractivity contribution in [1.29, 1.82) is 0 Å². The van der Waals surface area contributed by atoms with Gasteiger partial charge in [0.2, 0.25) is 0 Å². The van der Waals surface area contributed by atoms with Gasteiger partial charge in [0.15, 0.2) is 0 Å². The molecular formula is C16H30. The van der Waals surface area contributed by atoms with E-state index >= 15 is 0 Å². The van der Waals surface area contributed by atoms with Crippen LogP contribution in [0.3, 0.4) is 0 Å². The lowest BCUT2D eigenvalue weighted by molar-refractivity contribution is 0.456. The molecule has 94 valence electrons. The first-order valence-corrected chi connectivity index (χ1v) is 7.16. The van der Waals surface area contributed by atoms with Crippen LogP contribution in [0, 0.1) is 5.92 Å². The molecule has 0 aromatic carbocycles. The minimum Gasteiger partial charge on any atom is -0.0845 e. The Hall–Kier alpha value is -0.520. The summed E-state index contributed by atoms with van der Waals surface area (Å²) < 4.78 is 0. The molecule has 1 atom stereocenters. The summed E-state index contributed by atoms with van der Waals surface area (Å²) in [4.78, 5) is 0. The Morgan fingerprint density at radius 2 is 1.56 bits per heavy atom. The molecule has 0 heterocycles. The van der Waals surface area contributed by atoms with Gasteiger partial charge >= 0.3 is 0 Å². The average Bonchev–Trinajstić information content (AvgIpc) is 2.32. The van der Waals surface area contributed by atoms with E-state index in [2.05, 4.69) is 45.1 Å². The van der Waals surface area contributed by atoms with E-state index in [1.165, 1.54) is 51.4 Å². The predicted octanol–water partition coefficient (Wildman–Crippen LogP) is 5.90. The van der Waals surface area contributed by atoms with E-state index in [1.807, 2.05) is 0 Å². The molecule has 1 unspecified atom stereocenters. The van der Waals surface area contributed by atoms with Crippen molar-refractivity contribution in [2.75, 3.05) is 0 Å². The van der Waals surface area contributed by atoms with Crippen LogP contribution in [0.4, 0.5) is 0 Å². The molecule has 0 amide bonds. The highest BCUT2D eigenvalue weighted by atomic mass is 14.1. The lowest BCUT2D eigenvalue weighted by Crippen LogP contribution is -1.96. The Morgan fingerprint density at radius 3 is 2.19 bits per heavy atom. The Labute approximate surface area is 103 Å². The van der Waals surface area contributed by atoms with Crippen LogP contribution >= 0.6 is 0 Å². The van der Waals surface area contributed by atoms with Gasteiger partial charge in [-0.1, -0.05) is 83.6 Å². The fourth-order valence-electron chi connectivity index (χ4n) is 1.83. The van der Waals surface area contributed by atoms with Crippen LogP contribution in [0.25, 0.3) is 0 Å². The maximum Gasteiger partial charge on any atom is -0.0319 e. The third kappa shape index (κ3) is 10.0. The molecule has 0 radical (unpaired) electrons. The van der Waals surface area contributed by atoms with Crippen LogP contribution in [0.2, 0.25) is 0 Å². The van der Waals surface area contributed by atoms with Gasteiger partial charge in [-0.15, -0.1) is 0 Å². The Kier molecular flexibility index (Phi) is 12.1. The van der Waals surface area contributed by atoms with Crippen LogP contribution in [-0.4, -0.2) is 0 Å². The minimum atomic E-state index is 0.903. The summed E-state index contributed by atoms with van der Waals surface area (Å²) in [5, 5.41) is 0. The van der Waals surface area contributed by atoms with E-state index in [9.17, 15) is 0 Å². The third-order valence-electron chi connectivity index (χ3n) is 3.12. The molecule has 0 saturated heterocycles. The fraction of sp³-hybridized carbons (Fsp3) is 0.750. The molecule has 0 aliphatic carbocycles. The molecule has 0 aliphatic rings. The molecule has 0 aromatic heterocycles. The van der Waals surface area contributed by atoms with Crippen molar-refractivity contribution in [3.8, 4) is 0 Å². The molecule has 0 spiro atoms. The van der Waals surface area contributed by atoms with Gasteiger partial charge in [0.05, 0.1) is 0 Å². The van der Waals surface area contributed by atoms with Gasteiger partial charge in [-0.25, -0.2) is 0 Å². The summed E-state index contributed by atoms with van der Waals surface area (Å²) in [5.41, 5.74) is 0. The summed E-state index contributed by atoms with van der Waals surface area (Å²) in [6.07, 6.45) is 19.6. The van der Waals surface area contributed by atoms with E-state index in [0.29, 0.717) is 0 Å². The lowest BCUT2D eigenvalue weighted by atomic mass is 9.96. The first-order chi connectivity index (χ1) is 7.85.